The number of β-amino-alcohol motifs (C(OH)–C–C–N with tert-alkyl or cyclic N) is 1. The highest BCUT2D eigenvalue weighted by molar-refractivity contribution is 6.31. The van der Waals surface area contributed by atoms with Gasteiger partial charge in [0.25, 0.3) is 0 Å². The number of nitrogens with zero attached hydrogens (tertiary/aromatic N) is 1. The Bertz CT molecular complexity index is 438. The molecule has 100 valence electrons. The Hall–Kier alpha value is -0.640. The third-order valence-corrected chi connectivity index (χ3v) is 3.70. The summed E-state index contributed by atoms with van der Waals surface area (Å²) in [6.07, 6.45) is 0.644. The summed E-state index contributed by atoms with van der Waals surface area (Å²) < 4.78 is 13.0. The quantitative estimate of drug-likeness (QED) is 0.913. The van der Waals surface area contributed by atoms with E-state index < -0.39 is 5.60 Å². The van der Waals surface area contributed by atoms with E-state index in [1.165, 1.54) is 12.1 Å². The molecular formula is C14H19ClFNO. The summed E-state index contributed by atoms with van der Waals surface area (Å²) in [6, 6.07) is 4.21. The Morgan fingerprint density at radius 3 is 2.83 bits per heavy atom. The number of hydrogen-bond donors (Lipinski definition) is 1. The highest BCUT2D eigenvalue weighted by atomic mass is 35.5. The molecule has 2 nitrogen and oxygen atoms in total. The minimum atomic E-state index is -0.945. The average molecular weight is 272 g/mol. The van der Waals surface area contributed by atoms with E-state index in [9.17, 15) is 9.50 Å². The number of halogens is 2. The van der Waals surface area contributed by atoms with E-state index in [1.54, 1.807) is 6.07 Å². The number of benzene rings is 1. The molecule has 1 unspecified atom stereocenters. The van der Waals surface area contributed by atoms with Crippen molar-refractivity contribution in [2.24, 2.45) is 5.92 Å². The Balaban J connectivity index is 2.17. The molecule has 1 atom stereocenters. The fourth-order valence-electron chi connectivity index (χ4n) is 2.63. The molecule has 1 aliphatic rings. The highest BCUT2D eigenvalue weighted by Crippen LogP contribution is 2.36. The molecule has 1 aromatic rings. The molecule has 0 saturated carbocycles. The van der Waals surface area contributed by atoms with Gasteiger partial charge in [0.1, 0.15) is 11.4 Å². The van der Waals surface area contributed by atoms with Gasteiger partial charge in [0, 0.05) is 30.2 Å². The van der Waals surface area contributed by atoms with E-state index in [1.807, 2.05) is 0 Å². The standard InChI is InChI=1S/C14H19ClFNO/c1-10(2)8-17-6-5-14(18,9-17)12-4-3-11(16)7-13(12)15/h3-4,7,10,18H,5-6,8-9H2,1-2H3. The van der Waals surface area contributed by atoms with Gasteiger partial charge in [0.2, 0.25) is 0 Å². The SMILES string of the molecule is CC(C)CN1CCC(O)(c2ccc(F)cc2Cl)C1. The van der Waals surface area contributed by atoms with Crippen LogP contribution in [0, 0.1) is 11.7 Å². The van der Waals surface area contributed by atoms with Gasteiger partial charge in [-0.3, -0.25) is 4.90 Å². The topological polar surface area (TPSA) is 23.5 Å². The van der Waals surface area contributed by atoms with Gasteiger partial charge in [-0.1, -0.05) is 31.5 Å². The minimum Gasteiger partial charge on any atom is -0.384 e. The summed E-state index contributed by atoms with van der Waals surface area (Å²) in [7, 11) is 0. The van der Waals surface area contributed by atoms with Crippen LogP contribution in [0.5, 0.6) is 0 Å². The van der Waals surface area contributed by atoms with Crippen LogP contribution in [-0.4, -0.2) is 29.6 Å². The van der Waals surface area contributed by atoms with Crippen LogP contribution < -0.4 is 0 Å². The maximum atomic E-state index is 13.0. The van der Waals surface area contributed by atoms with Crippen LogP contribution in [0.15, 0.2) is 18.2 Å². The monoisotopic (exact) mass is 271 g/mol. The lowest BCUT2D eigenvalue weighted by Crippen LogP contribution is -2.32. The summed E-state index contributed by atoms with van der Waals surface area (Å²) in [5.41, 5.74) is -0.309. The Labute approximate surface area is 112 Å². The first-order valence-corrected chi connectivity index (χ1v) is 6.69. The van der Waals surface area contributed by atoms with Gasteiger partial charge in [-0.25, -0.2) is 4.39 Å². The second-order valence-corrected chi connectivity index (χ2v) is 5.94. The van der Waals surface area contributed by atoms with Crippen molar-refractivity contribution >= 4 is 11.6 Å². The molecule has 0 amide bonds. The Morgan fingerprint density at radius 1 is 1.50 bits per heavy atom. The van der Waals surface area contributed by atoms with Crippen LogP contribution in [0.25, 0.3) is 0 Å². The normalized spacial score (nSPS) is 25.0. The number of likely N-dealkylation sites (tertiary alicyclic amines) is 1. The molecule has 1 aromatic carbocycles. The van der Waals surface area contributed by atoms with Crippen molar-refractivity contribution in [2.75, 3.05) is 19.6 Å². The van der Waals surface area contributed by atoms with Gasteiger partial charge in [-0.15, -0.1) is 0 Å². The fraction of sp³-hybridized carbons (Fsp3) is 0.571. The number of aliphatic hydroxyl groups is 1. The summed E-state index contributed by atoms with van der Waals surface area (Å²) in [6.45, 7) is 6.69. The molecule has 18 heavy (non-hydrogen) atoms. The molecule has 1 N–H and O–H groups in total. The first kappa shape index (κ1) is 13.8. The largest absolute Gasteiger partial charge is 0.384 e. The fourth-order valence-corrected chi connectivity index (χ4v) is 2.97. The molecule has 2 rings (SSSR count). The van der Waals surface area contributed by atoms with E-state index in [4.69, 9.17) is 11.6 Å². The molecule has 1 fully saturated rings. The van der Waals surface area contributed by atoms with Gasteiger partial charge in [0.05, 0.1) is 0 Å². The molecule has 4 heteroatoms. The van der Waals surface area contributed by atoms with Gasteiger partial charge >= 0.3 is 0 Å². The van der Waals surface area contributed by atoms with Crippen LogP contribution in [-0.2, 0) is 5.60 Å². The van der Waals surface area contributed by atoms with Gasteiger partial charge < -0.3 is 5.11 Å². The zero-order valence-electron chi connectivity index (χ0n) is 10.8. The smallest absolute Gasteiger partial charge is 0.124 e. The average Bonchev–Trinajstić information content (AvgIpc) is 2.59. The first-order chi connectivity index (χ1) is 8.40. The summed E-state index contributed by atoms with van der Waals surface area (Å²) in [4.78, 5) is 2.23. The van der Waals surface area contributed by atoms with Crippen molar-refractivity contribution in [3.05, 3.63) is 34.6 Å². The summed E-state index contributed by atoms with van der Waals surface area (Å²) in [5.74, 6) is 0.195. The summed E-state index contributed by atoms with van der Waals surface area (Å²) in [5, 5.41) is 11.0. The van der Waals surface area contributed by atoms with Gasteiger partial charge in [-0.05, 0) is 24.5 Å². The molecule has 0 radical (unpaired) electrons. The third-order valence-electron chi connectivity index (χ3n) is 3.38. The van der Waals surface area contributed by atoms with E-state index in [2.05, 4.69) is 18.7 Å². The van der Waals surface area contributed by atoms with Crippen LogP contribution >= 0.6 is 11.6 Å². The van der Waals surface area contributed by atoms with Gasteiger partial charge in [0.15, 0.2) is 0 Å². The molecule has 1 aliphatic heterocycles. The predicted octanol–water partition coefficient (Wildman–Crippen LogP) is 3.03. The zero-order chi connectivity index (χ0) is 13.3. The van der Waals surface area contributed by atoms with Crippen molar-refractivity contribution in [1.29, 1.82) is 0 Å². The molecule has 0 spiro atoms. The van der Waals surface area contributed by atoms with Crippen molar-refractivity contribution in [3.8, 4) is 0 Å². The predicted molar refractivity (Wildman–Crippen MR) is 71.2 cm³/mol. The van der Waals surface area contributed by atoms with Crippen molar-refractivity contribution in [3.63, 3.8) is 0 Å². The lowest BCUT2D eigenvalue weighted by atomic mass is 9.93. The molecule has 1 saturated heterocycles. The lowest BCUT2D eigenvalue weighted by molar-refractivity contribution is 0.0450. The van der Waals surface area contributed by atoms with Crippen molar-refractivity contribution in [2.45, 2.75) is 25.9 Å². The van der Waals surface area contributed by atoms with E-state index in [0.29, 0.717) is 29.5 Å². The van der Waals surface area contributed by atoms with Crippen LogP contribution in [0.2, 0.25) is 5.02 Å². The second kappa shape index (κ2) is 5.16. The van der Waals surface area contributed by atoms with Crippen molar-refractivity contribution < 1.29 is 9.50 Å². The summed E-state index contributed by atoms with van der Waals surface area (Å²) >= 11 is 6.03. The van der Waals surface area contributed by atoms with Crippen LogP contribution in [0.1, 0.15) is 25.8 Å². The van der Waals surface area contributed by atoms with E-state index in [0.717, 1.165) is 13.1 Å². The maximum absolute atomic E-state index is 13.0. The number of rotatable bonds is 3. The molecule has 0 bridgehead atoms. The Kier molecular flexibility index (Phi) is 3.95. The van der Waals surface area contributed by atoms with Crippen LogP contribution in [0.4, 0.5) is 4.39 Å². The third kappa shape index (κ3) is 2.85. The van der Waals surface area contributed by atoms with Crippen molar-refractivity contribution in [1.82, 2.24) is 4.90 Å². The lowest BCUT2D eigenvalue weighted by Gasteiger charge is -2.25. The molecule has 1 heterocycles. The second-order valence-electron chi connectivity index (χ2n) is 5.53. The van der Waals surface area contributed by atoms with E-state index in [-0.39, 0.29) is 5.82 Å². The zero-order valence-corrected chi connectivity index (χ0v) is 11.5. The molecule has 0 aliphatic carbocycles. The Morgan fingerprint density at radius 2 is 2.22 bits per heavy atom. The van der Waals surface area contributed by atoms with Crippen LogP contribution in [0.3, 0.4) is 0 Å². The minimum absolute atomic E-state index is 0.309. The number of hydrogen-bond acceptors (Lipinski definition) is 2. The van der Waals surface area contributed by atoms with E-state index >= 15 is 0 Å². The molecular weight excluding hydrogens is 253 g/mol. The molecule has 0 aromatic heterocycles. The van der Waals surface area contributed by atoms with Gasteiger partial charge in [-0.2, -0.15) is 0 Å². The maximum Gasteiger partial charge on any atom is 0.124 e. The first-order valence-electron chi connectivity index (χ1n) is 6.31. The highest BCUT2D eigenvalue weighted by Gasteiger charge is 2.39.